The SMILES string of the molecule is CCNC(C)C1CCCN(CCOC(C)(C)C)C1. The van der Waals surface area contributed by atoms with Crippen LogP contribution >= 0.6 is 0 Å². The first-order chi connectivity index (χ1) is 8.42. The molecule has 1 N–H and O–H groups in total. The highest BCUT2D eigenvalue weighted by Crippen LogP contribution is 2.19. The number of hydrogen-bond donors (Lipinski definition) is 1. The van der Waals surface area contributed by atoms with E-state index in [0.29, 0.717) is 6.04 Å². The zero-order chi connectivity index (χ0) is 13.6. The first kappa shape index (κ1) is 15.9. The van der Waals surface area contributed by atoms with Gasteiger partial charge in [-0.25, -0.2) is 0 Å². The van der Waals surface area contributed by atoms with Crippen LogP contribution in [0.25, 0.3) is 0 Å². The highest BCUT2D eigenvalue weighted by molar-refractivity contribution is 4.80. The van der Waals surface area contributed by atoms with Gasteiger partial charge in [0.05, 0.1) is 12.2 Å². The van der Waals surface area contributed by atoms with Crippen molar-refractivity contribution in [1.82, 2.24) is 10.2 Å². The first-order valence-electron chi connectivity index (χ1n) is 7.52. The second-order valence-electron chi connectivity index (χ2n) is 6.51. The van der Waals surface area contributed by atoms with Gasteiger partial charge < -0.3 is 15.0 Å². The van der Waals surface area contributed by atoms with Crippen molar-refractivity contribution in [2.24, 2.45) is 5.92 Å². The molecule has 18 heavy (non-hydrogen) atoms. The van der Waals surface area contributed by atoms with Gasteiger partial charge in [0.25, 0.3) is 0 Å². The van der Waals surface area contributed by atoms with E-state index in [9.17, 15) is 0 Å². The number of rotatable bonds is 6. The van der Waals surface area contributed by atoms with Gasteiger partial charge in [-0.15, -0.1) is 0 Å². The lowest BCUT2D eigenvalue weighted by Crippen LogP contribution is -2.45. The highest BCUT2D eigenvalue weighted by Gasteiger charge is 2.24. The van der Waals surface area contributed by atoms with Crippen molar-refractivity contribution < 1.29 is 4.74 Å². The first-order valence-corrected chi connectivity index (χ1v) is 7.52. The predicted molar refractivity (Wildman–Crippen MR) is 78.0 cm³/mol. The normalized spacial score (nSPS) is 24.2. The molecule has 1 saturated heterocycles. The van der Waals surface area contributed by atoms with Crippen molar-refractivity contribution in [3.05, 3.63) is 0 Å². The van der Waals surface area contributed by atoms with Crippen LogP contribution in [0.3, 0.4) is 0 Å². The minimum atomic E-state index is -0.00769. The van der Waals surface area contributed by atoms with E-state index in [1.54, 1.807) is 0 Å². The molecule has 108 valence electrons. The van der Waals surface area contributed by atoms with Crippen LogP contribution in [0, 0.1) is 5.92 Å². The third kappa shape index (κ3) is 6.17. The standard InChI is InChI=1S/C15H32N2O/c1-6-16-13(2)14-8-7-9-17(12-14)10-11-18-15(3,4)5/h13-14,16H,6-12H2,1-5H3. The molecule has 0 aromatic carbocycles. The van der Waals surface area contributed by atoms with Gasteiger partial charge in [-0.3, -0.25) is 0 Å². The molecule has 2 unspecified atom stereocenters. The fourth-order valence-electron chi connectivity index (χ4n) is 2.67. The molecule has 0 aromatic heterocycles. The van der Waals surface area contributed by atoms with Crippen LogP contribution in [0.4, 0.5) is 0 Å². The zero-order valence-corrected chi connectivity index (χ0v) is 13.0. The number of ether oxygens (including phenoxy) is 1. The summed E-state index contributed by atoms with van der Waals surface area (Å²) in [7, 11) is 0. The summed E-state index contributed by atoms with van der Waals surface area (Å²) in [5.74, 6) is 0.799. The number of hydrogen-bond acceptors (Lipinski definition) is 3. The summed E-state index contributed by atoms with van der Waals surface area (Å²) in [6, 6.07) is 0.640. The van der Waals surface area contributed by atoms with E-state index in [4.69, 9.17) is 4.74 Å². The van der Waals surface area contributed by atoms with Gasteiger partial charge in [-0.2, -0.15) is 0 Å². The maximum Gasteiger partial charge on any atom is 0.0600 e. The van der Waals surface area contributed by atoms with Gasteiger partial charge in [0.15, 0.2) is 0 Å². The molecule has 1 aliphatic heterocycles. The minimum absolute atomic E-state index is 0.00769. The molecule has 0 amide bonds. The quantitative estimate of drug-likeness (QED) is 0.790. The Morgan fingerprint density at radius 1 is 1.39 bits per heavy atom. The lowest BCUT2D eigenvalue weighted by molar-refractivity contribution is -0.0178. The Balaban J connectivity index is 2.26. The van der Waals surface area contributed by atoms with Crippen molar-refractivity contribution in [2.45, 2.75) is 59.1 Å². The summed E-state index contributed by atoms with van der Waals surface area (Å²) in [5.41, 5.74) is -0.00769. The molecule has 3 nitrogen and oxygen atoms in total. The predicted octanol–water partition coefficient (Wildman–Crippen LogP) is 2.51. The highest BCUT2D eigenvalue weighted by atomic mass is 16.5. The molecule has 0 radical (unpaired) electrons. The van der Waals surface area contributed by atoms with Gasteiger partial charge in [-0.1, -0.05) is 6.92 Å². The monoisotopic (exact) mass is 256 g/mol. The Morgan fingerprint density at radius 3 is 2.72 bits per heavy atom. The minimum Gasteiger partial charge on any atom is -0.375 e. The zero-order valence-electron chi connectivity index (χ0n) is 13.0. The Labute approximate surface area is 113 Å². The fourth-order valence-corrected chi connectivity index (χ4v) is 2.67. The molecule has 1 heterocycles. The number of nitrogens with zero attached hydrogens (tertiary/aromatic N) is 1. The third-order valence-corrected chi connectivity index (χ3v) is 3.72. The van der Waals surface area contributed by atoms with Crippen LogP contribution in [0.15, 0.2) is 0 Å². The van der Waals surface area contributed by atoms with Crippen LogP contribution in [-0.2, 0) is 4.74 Å². The largest absolute Gasteiger partial charge is 0.375 e. The number of nitrogens with one attached hydrogen (secondary N) is 1. The Kier molecular flexibility index (Phi) is 6.61. The van der Waals surface area contributed by atoms with E-state index in [1.165, 1.54) is 25.9 Å². The third-order valence-electron chi connectivity index (χ3n) is 3.72. The maximum absolute atomic E-state index is 5.82. The van der Waals surface area contributed by atoms with Crippen molar-refractivity contribution in [2.75, 3.05) is 32.8 Å². The summed E-state index contributed by atoms with van der Waals surface area (Å²) in [6.45, 7) is 16.4. The van der Waals surface area contributed by atoms with Crippen molar-refractivity contribution in [3.63, 3.8) is 0 Å². The van der Waals surface area contributed by atoms with E-state index in [1.807, 2.05) is 0 Å². The van der Waals surface area contributed by atoms with Crippen LogP contribution in [0.5, 0.6) is 0 Å². The Bertz CT molecular complexity index is 225. The Hall–Kier alpha value is -0.120. The molecule has 1 aliphatic rings. The molecule has 0 aliphatic carbocycles. The second-order valence-corrected chi connectivity index (χ2v) is 6.51. The second kappa shape index (κ2) is 7.46. The van der Waals surface area contributed by atoms with E-state index >= 15 is 0 Å². The van der Waals surface area contributed by atoms with E-state index in [2.05, 4.69) is 44.8 Å². The summed E-state index contributed by atoms with van der Waals surface area (Å²) in [6.07, 6.45) is 2.70. The molecular weight excluding hydrogens is 224 g/mol. The van der Waals surface area contributed by atoms with E-state index in [0.717, 1.165) is 25.6 Å². The van der Waals surface area contributed by atoms with Crippen molar-refractivity contribution >= 4 is 0 Å². The van der Waals surface area contributed by atoms with Gasteiger partial charge in [0.2, 0.25) is 0 Å². The van der Waals surface area contributed by atoms with Crippen LogP contribution in [0.1, 0.15) is 47.5 Å². The van der Waals surface area contributed by atoms with E-state index in [-0.39, 0.29) is 5.60 Å². The van der Waals surface area contributed by atoms with Crippen molar-refractivity contribution in [1.29, 1.82) is 0 Å². The molecule has 2 atom stereocenters. The lowest BCUT2D eigenvalue weighted by atomic mass is 9.91. The van der Waals surface area contributed by atoms with Crippen LogP contribution in [0.2, 0.25) is 0 Å². The average Bonchev–Trinajstić information content (AvgIpc) is 2.28. The molecule has 0 bridgehead atoms. The summed E-state index contributed by atoms with van der Waals surface area (Å²) < 4.78 is 5.82. The molecule has 0 saturated carbocycles. The molecule has 3 heteroatoms. The Morgan fingerprint density at radius 2 is 2.11 bits per heavy atom. The maximum atomic E-state index is 5.82. The average molecular weight is 256 g/mol. The van der Waals surface area contributed by atoms with Gasteiger partial charge in [-0.05, 0) is 59.5 Å². The van der Waals surface area contributed by atoms with Crippen LogP contribution < -0.4 is 5.32 Å². The summed E-state index contributed by atoms with van der Waals surface area (Å²) in [4.78, 5) is 2.56. The smallest absolute Gasteiger partial charge is 0.0600 e. The molecular formula is C15H32N2O. The summed E-state index contributed by atoms with van der Waals surface area (Å²) in [5, 5.41) is 3.56. The van der Waals surface area contributed by atoms with Gasteiger partial charge in [0, 0.05) is 19.1 Å². The summed E-state index contributed by atoms with van der Waals surface area (Å²) >= 11 is 0. The lowest BCUT2D eigenvalue weighted by Gasteiger charge is -2.36. The number of likely N-dealkylation sites (tertiary alicyclic amines) is 1. The molecule has 1 rings (SSSR count). The van der Waals surface area contributed by atoms with Crippen LogP contribution in [-0.4, -0.2) is 49.3 Å². The van der Waals surface area contributed by atoms with Gasteiger partial charge in [0.1, 0.15) is 0 Å². The topological polar surface area (TPSA) is 24.5 Å². The molecule has 0 spiro atoms. The number of piperidine rings is 1. The fraction of sp³-hybridized carbons (Fsp3) is 1.00. The molecule has 0 aromatic rings. The molecule has 1 fully saturated rings. The van der Waals surface area contributed by atoms with E-state index < -0.39 is 0 Å². The van der Waals surface area contributed by atoms with Crippen molar-refractivity contribution in [3.8, 4) is 0 Å². The van der Waals surface area contributed by atoms with Gasteiger partial charge >= 0.3 is 0 Å².